The van der Waals surface area contributed by atoms with Crippen LogP contribution in [0.15, 0.2) is 42.7 Å². The van der Waals surface area contributed by atoms with Crippen molar-refractivity contribution in [2.45, 2.75) is 20.1 Å². The summed E-state index contributed by atoms with van der Waals surface area (Å²) in [7, 11) is 3.40. The Morgan fingerprint density at radius 1 is 1.30 bits per heavy atom. The molecule has 8 heteroatoms. The maximum atomic E-state index is 12.7. The summed E-state index contributed by atoms with van der Waals surface area (Å²) in [6.07, 6.45) is 3.40. The van der Waals surface area contributed by atoms with Crippen molar-refractivity contribution in [3.63, 3.8) is 0 Å². The van der Waals surface area contributed by atoms with Crippen molar-refractivity contribution in [2.24, 2.45) is 0 Å². The highest BCUT2D eigenvalue weighted by Crippen LogP contribution is 2.34. The van der Waals surface area contributed by atoms with E-state index in [1.807, 2.05) is 10.6 Å². The van der Waals surface area contributed by atoms with Crippen LogP contribution in [-0.4, -0.2) is 41.1 Å². The Kier molecular flexibility index (Phi) is 5.25. The number of aryl methyl sites for hydroxylation is 1. The summed E-state index contributed by atoms with van der Waals surface area (Å²) in [5.41, 5.74) is 1.98. The topological polar surface area (TPSA) is 59.4 Å². The van der Waals surface area contributed by atoms with E-state index in [1.165, 1.54) is 11.0 Å². The van der Waals surface area contributed by atoms with Gasteiger partial charge < -0.3 is 19.5 Å². The smallest absolute Gasteiger partial charge is 0.387 e. The molecule has 2 aromatic heterocycles. The highest BCUT2D eigenvalue weighted by molar-refractivity contribution is 5.93. The zero-order valence-electron chi connectivity index (χ0n) is 15.2. The van der Waals surface area contributed by atoms with Crippen LogP contribution < -0.4 is 10.1 Å². The third-order valence-electron chi connectivity index (χ3n) is 4.20. The van der Waals surface area contributed by atoms with Crippen LogP contribution in [0.25, 0.3) is 10.9 Å². The third-order valence-corrected chi connectivity index (χ3v) is 4.20. The predicted octanol–water partition coefficient (Wildman–Crippen LogP) is 3.78. The summed E-state index contributed by atoms with van der Waals surface area (Å²) in [4.78, 5) is 17.9. The van der Waals surface area contributed by atoms with Gasteiger partial charge >= 0.3 is 6.61 Å². The second kappa shape index (κ2) is 7.61. The van der Waals surface area contributed by atoms with E-state index in [0.29, 0.717) is 11.5 Å². The number of hydrogen-bond donors (Lipinski definition) is 1. The lowest BCUT2D eigenvalue weighted by Gasteiger charge is -2.15. The minimum absolute atomic E-state index is 0.0367. The molecule has 0 spiro atoms. The number of anilines is 2. The Labute approximate surface area is 155 Å². The van der Waals surface area contributed by atoms with Crippen molar-refractivity contribution < 1.29 is 18.3 Å². The number of ether oxygens (including phenoxy) is 1. The van der Waals surface area contributed by atoms with Gasteiger partial charge in [-0.3, -0.25) is 4.79 Å². The van der Waals surface area contributed by atoms with E-state index in [1.54, 1.807) is 51.6 Å². The van der Waals surface area contributed by atoms with Gasteiger partial charge in [-0.2, -0.15) is 8.78 Å². The number of likely N-dealkylation sites (N-methyl/N-ethyl adjacent to an activating group) is 1. The summed E-state index contributed by atoms with van der Waals surface area (Å²) in [5.74, 6) is 0.508. The van der Waals surface area contributed by atoms with Crippen molar-refractivity contribution in [3.8, 4) is 5.75 Å². The maximum Gasteiger partial charge on any atom is 0.387 e. The van der Waals surface area contributed by atoms with E-state index in [9.17, 15) is 13.6 Å². The number of nitrogens with one attached hydrogen (secondary N) is 1. The first-order valence-corrected chi connectivity index (χ1v) is 8.32. The molecule has 1 amide bonds. The monoisotopic (exact) mass is 374 g/mol. The lowest BCUT2D eigenvalue weighted by atomic mass is 10.1. The van der Waals surface area contributed by atoms with Crippen LogP contribution in [0, 0.1) is 6.92 Å². The van der Waals surface area contributed by atoms with E-state index >= 15 is 0 Å². The Morgan fingerprint density at radius 2 is 2.07 bits per heavy atom. The molecule has 0 saturated carbocycles. The second-order valence-electron chi connectivity index (χ2n) is 6.28. The minimum atomic E-state index is -2.92. The molecule has 2 heterocycles. The van der Waals surface area contributed by atoms with Crippen molar-refractivity contribution in [1.29, 1.82) is 0 Å². The van der Waals surface area contributed by atoms with Crippen LogP contribution in [0.3, 0.4) is 0 Å². The number of fused-ring (bicyclic) bond motifs is 1. The summed E-state index contributed by atoms with van der Waals surface area (Å²) >= 11 is 0. The number of rotatable bonds is 6. The fourth-order valence-corrected chi connectivity index (χ4v) is 2.76. The molecule has 0 fully saturated rings. The summed E-state index contributed by atoms with van der Waals surface area (Å²) in [5, 5.41) is 3.87. The number of halogens is 2. The number of benzene rings is 1. The zero-order chi connectivity index (χ0) is 19.6. The van der Waals surface area contributed by atoms with Gasteiger partial charge in [0.2, 0.25) is 5.91 Å². The molecule has 0 radical (unpaired) electrons. The SMILES string of the molecule is Cc1cccc(OC(F)F)c1Nc1nccc2c1ccn2CC(=O)N(C)C. The Morgan fingerprint density at radius 3 is 2.78 bits per heavy atom. The van der Waals surface area contributed by atoms with Crippen molar-refractivity contribution in [1.82, 2.24) is 14.5 Å². The predicted molar refractivity (Wildman–Crippen MR) is 99.5 cm³/mol. The first kappa shape index (κ1) is 18.6. The Bertz CT molecular complexity index is 969. The number of nitrogens with zero attached hydrogens (tertiary/aromatic N) is 3. The summed E-state index contributed by atoms with van der Waals surface area (Å²) in [6, 6.07) is 8.55. The Hall–Kier alpha value is -3.16. The molecule has 3 aromatic rings. The highest BCUT2D eigenvalue weighted by Gasteiger charge is 2.15. The molecule has 3 rings (SSSR count). The molecule has 6 nitrogen and oxygen atoms in total. The molecule has 0 unspecified atom stereocenters. The van der Waals surface area contributed by atoms with E-state index in [-0.39, 0.29) is 18.2 Å². The van der Waals surface area contributed by atoms with Crippen LogP contribution in [0.4, 0.5) is 20.3 Å². The van der Waals surface area contributed by atoms with Gasteiger partial charge in [-0.25, -0.2) is 4.98 Å². The molecule has 0 aliphatic heterocycles. The number of alkyl halides is 2. The number of aromatic nitrogens is 2. The molecule has 0 atom stereocenters. The molecular formula is C19H20F2N4O2. The highest BCUT2D eigenvalue weighted by atomic mass is 19.3. The molecule has 1 aromatic carbocycles. The average molecular weight is 374 g/mol. The van der Waals surface area contributed by atoms with E-state index in [2.05, 4.69) is 15.0 Å². The summed E-state index contributed by atoms with van der Waals surface area (Å²) < 4.78 is 31.9. The molecule has 0 aliphatic rings. The molecular weight excluding hydrogens is 354 g/mol. The zero-order valence-corrected chi connectivity index (χ0v) is 15.2. The lowest BCUT2D eigenvalue weighted by molar-refractivity contribution is -0.129. The van der Waals surface area contributed by atoms with Crippen molar-refractivity contribution in [2.75, 3.05) is 19.4 Å². The van der Waals surface area contributed by atoms with Gasteiger partial charge in [0.25, 0.3) is 0 Å². The van der Waals surface area contributed by atoms with Gasteiger partial charge in [-0.05, 0) is 30.7 Å². The first-order chi connectivity index (χ1) is 12.9. The van der Waals surface area contributed by atoms with Gasteiger partial charge in [0.15, 0.2) is 0 Å². The van der Waals surface area contributed by atoms with Gasteiger partial charge in [-0.1, -0.05) is 12.1 Å². The second-order valence-corrected chi connectivity index (χ2v) is 6.28. The van der Waals surface area contributed by atoms with Crippen molar-refractivity contribution >= 4 is 28.3 Å². The fourth-order valence-electron chi connectivity index (χ4n) is 2.76. The number of pyridine rings is 1. The van der Waals surface area contributed by atoms with E-state index < -0.39 is 6.61 Å². The van der Waals surface area contributed by atoms with Crippen LogP contribution in [0.1, 0.15) is 5.56 Å². The molecule has 142 valence electrons. The largest absolute Gasteiger partial charge is 0.433 e. The lowest BCUT2D eigenvalue weighted by Crippen LogP contribution is -2.25. The fraction of sp³-hybridized carbons (Fsp3) is 0.263. The minimum Gasteiger partial charge on any atom is -0.433 e. The van der Waals surface area contributed by atoms with Gasteiger partial charge in [0, 0.05) is 31.9 Å². The Balaban J connectivity index is 1.98. The van der Waals surface area contributed by atoms with Crippen molar-refractivity contribution in [3.05, 3.63) is 48.3 Å². The molecule has 0 saturated heterocycles. The molecule has 0 bridgehead atoms. The van der Waals surface area contributed by atoms with Crippen LogP contribution >= 0.6 is 0 Å². The molecule has 1 N–H and O–H groups in total. The normalized spacial score (nSPS) is 11.0. The number of carbonyl (C=O) groups is 1. The molecule has 27 heavy (non-hydrogen) atoms. The quantitative estimate of drug-likeness (QED) is 0.713. The van der Waals surface area contributed by atoms with Crippen LogP contribution in [0.5, 0.6) is 5.75 Å². The standard InChI is InChI=1S/C19H20F2N4O2/c1-12-5-4-6-15(27-19(20)21)17(12)23-18-13-8-10-25(11-16(26)24(2)3)14(13)7-9-22-18/h4-10,19H,11H2,1-3H3,(H,22,23). The van der Waals surface area contributed by atoms with E-state index in [0.717, 1.165) is 16.5 Å². The number of carbonyl (C=O) groups excluding carboxylic acids is 1. The number of amides is 1. The third kappa shape index (κ3) is 3.99. The average Bonchev–Trinajstić information content (AvgIpc) is 3.01. The van der Waals surface area contributed by atoms with E-state index in [4.69, 9.17) is 0 Å². The number of hydrogen-bond acceptors (Lipinski definition) is 4. The summed E-state index contributed by atoms with van der Waals surface area (Å²) in [6.45, 7) is -0.930. The first-order valence-electron chi connectivity index (χ1n) is 8.32. The van der Waals surface area contributed by atoms with Gasteiger partial charge in [0.1, 0.15) is 18.1 Å². The van der Waals surface area contributed by atoms with Gasteiger partial charge in [0.05, 0.1) is 11.2 Å². The number of para-hydroxylation sites is 1. The van der Waals surface area contributed by atoms with Gasteiger partial charge in [-0.15, -0.1) is 0 Å². The molecule has 0 aliphatic carbocycles. The van der Waals surface area contributed by atoms with Crippen LogP contribution in [-0.2, 0) is 11.3 Å². The maximum absolute atomic E-state index is 12.7. The van der Waals surface area contributed by atoms with Crippen LogP contribution in [0.2, 0.25) is 0 Å².